The zero-order chi connectivity index (χ0) is 12.5. The van der Waals surface area contributed by atoms with Gasteiger partial charge in [-0.05, 0) is 30.0 Å². The molecule has 1 fully saturated rings. The molecule has 0 saturated carbocycles. The van der Waals surface area contributed by atoms with E-state index in [1.807, 2.05) is 0 Å². The Kier molecular flexibility index (Phi) is 3.46. The van der Waals surface area contributed by atoms with E-state index < -0.39 is 15.3 Å². The fourth-order valence-corrected chi connectivity index (χ4v) is 2.99. The Hall–Kier alpha value is -0.980. The van der Waals surface area contributed by atoms with Crippen LogP contribution in [-0.2, 0) is 10.0 Å². The van der Waals surface area contributed by atoms with Crippen LogP contribution in [0.2, 0.25) is 0 Å². The highest BCUT2D eigenvalue weighted by Gasteiger charge is 2.29. The molecule has 0 aromatic heterocycles. The monoisotopic (exact) mass is 258 g/mol. The van der Waals surface area contributed by atoms with Gasteiger partial charge in [-0.1, -0.05) is 12.1 Å². The Morgan fingerprint density at radius 1 is 1.24 bits per heavy atom. The molecule has 2 unspecified atom stereocenters. The number of hydrogen-bond acceptors (Lipinski definition) is 3. The lowest BCUT2D eigenvalue weighted by atomic mass is 9.91. The first-order valence-corrected chi connectivity index (χ1v) is 7.05. The summed E-state index contributed by atoms with van der Waals surface area (Å²) in [6, 6.07) is 6.15. The second-order valence-electron chi connectivity index (χ2n) is 4.35. The normalized spacial score (nSPS) is 25.8. The van der Waals surface area contributed by atoms with Crippen molar-refractivity contribution >= 4 is 10.0 Å². The predicted molar refractivity (Wildman–Crippen MR) is 63.5 cm³/mol. The molecule has 1 aromatic rings. The van der Waals surface area contributed by atoms with Crippen molar-refractivity contribution in [3.8, 4) is 0 Å². The van der Waals surface area contributed by atoms with Crippen LogP contribution in [0.3, 0.4) is 0 Å². The number of nitrogens with one attached hydrogen (secondary N) is 1. The molecule has 94 valence electrons. The van der Waals surface area contributed by atoms with Gasteiger partial charge in [0.25, 0.3) is 0 Å². The van der Waals surface area contributed by atoms with Crippen molar-refractivity contribution in [2.75, 3.05) is 13.1 Å². The number of nitrogens with two attached hydrogens (primary N) is 1. The number of sulfonamides is 1. The van der Waals surface area contributed by atoms with Crippen molar-refractivity contribution in [2.45, 2.75) is 17.6 Å². The minimum absolute atomic E-state index is 0.0627. The summed E-state index contributed by atoms with van der Waals surface area (Å²) in [5.74, 6) is -0.229. The van der Waals surface area contributed by atoms with Gasteiger partial charge in [0, 0.05) is 13.1 Å². The lowest BCUT2D eigenvalue weighted by Crippen LogP contribution is -2.45. The molecule has 1 aromatic carbocycles. The molecule has 2 rings (SSSR count). The molecule has 0 bridgehead atoms. The third-order valence-corrected chi connectivity index (χ3v) is 4.40. The lowest BCUT2D eigenvalue weighted by molar-refractivity contribution is 0.451. The molecule has 1 aliphatic rings. The highest BCUT2D eigenvalue weighted by atomic mass is 32.2. The number of benzene rings is 1. The maximum atomic E-state index is 12.8. The number of hydrogen-bond donors (Lipinski definition) is 2. The molecule has 3 N–H and O–H groups in total. The van der Waals surface area contributed by atoms with Crippen LogP contribution in [-0.4, -0.2) is 26.8 Å². The number of primary sulfonamides is 1. The smallest absolute Gasteiger partial charge is 0.213 e. The number of halogens is 1. The Labute approximate surface area is 100 Å². The van der Waals surface area contributed by atoms with Gasteiger partial charge >= 0.3 is 0 Å². The van der Waals surface area contributed by atoms with Gasteiger partial charge in [0.1, 0.15) is 5.82 Å². The average molecular weight is 258 g/mol. The topological polar surface area (TPSA) is 72.2 Å². The van der Waals surface area contributed by atoms with E-state index in [0.29, 0.717) is 19.5 Å². The van der Waals surface area contributed by atoms with Crippen molar-refractivity contribution in [1.29, 1.82) is 0 Å². The fourth-order valence-electron chi connectivity index (χ4n) is 2.14. The largest absolute Gasteiger partial charge is 0.315 e. The minimum Gasteiger partial charge on any atom is -0.315 e. The Bertz CT molecular complexity index is 487. The molecule has 1 aliphatic heterocycles. The summed E-state index contributed by atoms with van der Waals surface area (Å²) in [6.45, 7) is 1.08. The van der Waals surface area contributed by atoms with Crippen LogP contribution in [0.25, 0.3) is 0 Å². The first kappa shape index (κ1) is 12.5. The van der Waals surface area contributed by atoms with Crippen LogP contribution in [0, 0.1) is 5.82 Å². The van der Waals surface area contributed by atoms with Crippen molar-refractivity contribution < 1.29 is 12.8 Å². The minimum atomic E-state index is -3.51. The van der Waals surface area contributed by atoms with Gasteiger partial charge < -0.3 is 5.32 Å². The van der Waals surface area contributed by atoms with Gasteiger partial charge in [0.15, 0.2) is 0 Å². The molecule has 2 atom stereocenters. The molecule has 4 nitrogen and oxygen atoms in total. The van der Waals surface area contributed by atoms with Gasteiger partial charge in [-0.2, -0.15) is 0 Å². The zero-order valence-electron chi connectivity index (χ0n) is 9.27. The SMILES string of the molecule is NS(=O)(=O)C1CNCC(c2ccc(F)cc2)C1. The molecule has 0 spiro atoms. The molecule has 0 aliphatic carbocycles. The van der Waals surface area contributed by atoms with E-state index in [-0.39, 0.29) is 11.7 Å². The summed E-state index contributed by atoms with van der Waals surface area (Å²) in [4.78, 5) is 0. The molecule has 0 amide bonds. The van der Waals surface area contributed by atoms with Gasteiger partial charge in [-0.25, -0.2) is 17.9 Å². The number of rotatable bonds is 2. The van der Waals surface area contributed by atoms with Crippen LogP contribution in [0.5, 0.6) is 0 Å². The first-order chi connectivity index (χ1) is 7.97. The van der Waals surface area contributed by atoms with Crippen molar-refractivity contribution in [3.05, 3.63) is 35.6 Å². The second-order valence-corrected chi connectivity index (χ2v) is 6.20. The predicted octanol–water partition coefficient (Wildman–Crippen LogP) is 0.560. The molecule has 1 heterocycles. The highest BCUT2D eigenvalue weighted by Crippen LogP contribution is 2.25. The summed E-state index contributed by atoms with van der Waals surface area (Å²) in [5.41, 5.74) is 0.937. The Balaban J connectivity index is 2.15. The highest BCUT2D eigenvalue weighted by molar-refractivity contribution is 7.89. The molecular formula is C11H15FN2O2S. The summed E-state index contributed by atoms with van der Waals surface area (Å²) in [6.07, 6.45) is 0.484. The second kappa shape index (κ2) is 4.72. The zero-order valence-corrected chi connectivity index (χ0v) is 10.1. The number of piperidine rings is 1. The molecule has 17 heavy (non-hydrogen) atoms. The standard InChI is InChI=1S/C11H15FN2O2S/c12-10-3-1-8(2-4-10)9-5-11(7-14-6-9)17(13,15)16/h1-4,9,11,14H,5-7H2,(H2,13,15,16). The summed E-state index contributed by atoms with van der Waals surface area (Å²) >= 11 is 0. The Morgan fingerprint density at radius 2 is 1.88 bits per heavy atom. The van der Waals surface area contributed by atoms with Crippen LogP contribution in [0.15, 0.2) is 24.3 Å². The fraction of sp³-hybridized carbons (Fsp3) is 0.455. The first-order valence-electron chi connectivity index (χ1n) is 5.44. The Morgan fingerprint density at radius 3 is 2.47 bits per heavy atom. The molecule has 1 saturated heterocycles. The van der Waals surface area contributed by atoms with Gasteiger partial charge in [0.2, 0.25) is 10.0 Å². The summed E-state index contributed by atoms with van der Waals surface area (Å²) in [7, 11) is -3.51. The van der Waals surface area contributed by atoms with Crippen LogP contribution >= 0.6 is 0 Å². The van der Waals surface area contributed by atoms with Crippen LogP contribution in [0.1, 0.15) is 17.9 Å². The van der Waals surface area contributed by atoms with Crippen LogP contribution in [0.4, 0.5) is 4.39 Å². The van der Waals surface area contributed by atoms with E-state index in [9.17, 15) is 12.8 Å². The van der Waals surface area contributed by atoms with Crippen molar-refractivity contribution in [1.82, 2.24) is 5.32 Å². The van der Waals surface area contributed by atoms with E-state index in [1.54, 1.807) is 12.1 Å². The molecular weight excluding hydrogens is 243 g/mol. The quantitative estimate of drug-likeness (QED) is 0.814. The molecule has 0 radical (unpaired) electrons. The van der Waals surface area contributed by atoms with Crippen molar-refractivity contribution in [3.63, 3.8) is 0 Å². The summed E-state index contributed by atoms with van der Waals surface area (Å²) in [5, 5.41) is 7.63. The summed E-state index contributed by atoms with van der Waals surface area (Å²) < 4.78 is 35.4. The van der Waals surface area contributed by atoms with Gasteiger partial charge in [-0.15, -0.1) is 0 Å². The molecule has 6 heteroatoms. The van der Waals surface area contributed by atoms with E-state index in [0.717, 1.165) is 5.56 Å². The van der Waals surface area contributed by atoms with E-state index >= 15 is 0 Å². The van der Waals surface area contributed by atoms with E-state index in [2.05, 4.69) is 5.32 Å². The van der Waals surface area contributed by atoms with E-state index in [1.165, 1.54) is 12.1 Å². The van der Waals surface area contributed by atoms with Crippen LogP contribution < -0.4 is 10.5 Å². The van der Waals surface area contributed by atoms with Crippen molar-refractivity contribution in [2.24, 2.45) is 5.14 Å². The van der Waals surface area contributed by atoms with E-state index in [4.69, 9.17) is 5.14 Å². The lowest BCUT2D eigenvalue weighted by Gasteiger charge is -2.28. The third kappa shape index (κ3) is 3.02. The van der Waals surface area contributed by atoms with Gasteiger partial charge in [0.05, 0.1) is 5.25 Å². The van der Waals surface area contributed by atoms with Gasteiger partial charge in [-0.3, -0.25) is 0 Å². The third-order valence-electron chi connectivity index (χ3n) is 3.12. The maximum absolute atomic E-state index is 12.8. The average Bonchev–Trinajstić information content (AvgIpc) is 2.29. The maximum Gasteiger partial charge on any atom is 0.213 e.